The predicted octanol–water partition coefficient (Wildman–Crippen LogP) is 15.5. The minimum atomic E-state index is 0.978. The van der Waals surface area contributed by atoms with Crippen LogP contribution < -0.4 is 4.74 Å². The van der Waals surface area contributed by atoms with Crippen molar-refractivity contribution < 1.29 is 4.74 Å². The van der Waals surface area contributed by atoms with Gasteiger partial charge < -0.3 is 4.74 Å². The number of hydrogen-bond acceptors (Lipinski definition) is 1. The molecule has 0 fully saturated rings. The lowest BCUT2D eigenvalue weighted by Crippen LogP contribution is -1.91. The van der Waals surface area contributed by atoms with E-state index in [9.17, 15) is 0 Å². The maximum absolute atomic E-state index is 6.31. The zero-order valence-electron chi connectivity index (χ0n) is 30.2. The largest absolute Gasteiger partial charge is 0.457 e. The van der Waals surface area contributed by atoms with Crippen molar-refractivity contribution in [3.63, 3.8) is 0 Å². The number of benzene rings is 2. The molecule has 0 radical (unpaired) electrons. The molecule has 0 heterocycles. The zero-order chi connectivity index (χ0) is 31.9. The van der Waals surface area contributed by atoms with Crippen molar-refractivity contribution in [1.29, 1.82) is 0 Å². The highest BCUT2D eigenvalue weighted by molar-refractivity contribution is 5.36. The van der Waals surface area contributed by atoms with Crippen LogP contribution in [0.1, 0.15) is 205 Å². The molecular formula is C44H74O. The molecule has 0 N–H and O–H groups in total. The van der Waals surface area contributed by atoms with E-state index in [4.69, 9.17) is 4.74 Å². The smallest absolute Gasteiger partial charge is 0.127 e. The topological polar surface area (TPSA) is 9.23 Å². The third kappa shape index (κ3) is 23.2. The summed E-state index contributed by atoms with van der Waals surface area (Å²) < 4.78 is 6.31. The molecule has 1 heteroatoms. The first-order chi connectivity index (χ1) is 22.3. The minimum Gasteiger partial charge on any atom is -0.457 e. The molecule has 2 aromatic carbocycles. The Balaban J connectivity index is 1.48. The molecule has 0 aliphatic carbocycles. The van der Waals surface area contributed by atoms with Crippen LogP contribution in [0.15, 0.2) is 48.5 Å². The second kappa shape index (κ2) is 29.6. The van der Waals surface area contributed by atoms with Crippen LogP contribution in [0.2, 0.25) is 0 Å². The van der Waals surface area contributed by atoms with Gasteiger partial charge in [-0.25, -0.2) is 0 Å². The van der Waals surface area contributed by atoms with E-state index < -0.39 is 0 Å². The lowest BCUT2D eigenvalue weighted by Gasteiger charge is -2.10. The molecule has 0 atom stereocenters. The van der Waals surface area contributed by atoms with Gasteiger partial charge in [-0.2, -0.15) is 0 Å². The summed E-state index contributed by atoms with van der Waals surface area (Å²) in [5, 5.41) is 0. The average Bonchev–Trinajstić information content (AvgIpc) is 3.05. The lowest BCUT2D eigenvalue weighted by molar-refractivity contribution is 0.480. The van der Waals surface area contributed by atoms with Gasteiger partial charge in [-0.1, -0.05) is 205 Å². The van der Waals surface area contributed by atoms with Gasteiger partial charge in [-0.05, 0) is 61.1 Å². The van der Waals surface area contributed by atoms with Crippen molar-refractivity contribution >= 4 is 0 Å². The van der Waals surface area contributed by atoms with Gasteiger partial charge in [0.1, 0.15) is 11.5 Å². The van der Waals surface area contributed by atoms with Crippen molar-refractivity contribution in [2.45, 2.75) is 206 Å². The summed E-state index contributed by atoms with van der Waals surface area (Å²) in [5.74, 6) is 1.96. The van der Waals surface area contributed by atoms with Gasteiger partial charge in [-0.15, -0.1) is 0 Å². The Morgan fingerprint density at radius 3 is 0.889 bits per heavy atom. The van der Waals surface area contributed by atoms with Gasteiger partial charge in [-0.3, -0.25) is 0 Å². The Kier molecular flexibility index (Phi) is 26.0. The number of hydrogen-bond donors (Lipinski definition) is 0. The van der Waals surface area contributed by atoms with Gasteiger partial charge >= 0.3 is 0 Å². The Morgan fingerprint density at radius 2 is 0.600 bits per heavy atom. The van der Waals surface area contributed by atoms with E-state index in [-0.39, 0.29) is 0 Å². The standard InChI is InChI=1S/C44H74O/c1-3-5-7-9-11-13-15-17-19-21-23-25-27-29-33-41-35-31-37-43(39-41)45-44-38-32-36-42(40-44)34-30-28-26-24-22-20-18-16-14-12-10-8-6-4-2/h31-32,35-40H,3-30,33-34H2,1-2H3. The summed E-state index contributed by atoms with van der Waals surface area (Å²) in [4.78, 5) is 0. The zero-order valence-corrected chi connectivity index (χ0v) is 30.2. The molecule has 256 valence electrons. The Bertz CT molecular complexity index is 828. The molecule has 45 heavy (non-hydrogen) atoms. The summed E-state index contributed by atoms with van der Waals surface area (Å²) >= 11 is 0. The number of rotatable bonds is 32. The number of unbranched alkanes of at least 4 members (excludes halogenated alkanes) is 26. The molecule has 0 saturated carbocycles. The second-order valence-corrected chi connectivity index (χ2v) is 14.1. The molecule has 0 amide bonds. The monoisotopic (exact) mass is 619 g/mol. The Morgan fingerprint density at radius 1 is 0.333 bits per heavy atom. The van der Waals surface area contributed by atoms with E-state index in [1.54, 1.807) is 0 Å². The molecule has 2 rings (SSSR count). The fourth-order valence-electron chi connectivity index (χ4n) is 6.71. The van der Waals surface area contributed by atoms with Crippen LogP contribution in [0.4, 0.5) is 0 Å². The van der Waals surface area contributed by atoms with Gasteiger partial charge in [0.15, 0.2) is 0 Å². The second-order valence-electron chi connectivity index (χ2n) is 14.1. The van der Waals surface area contributed by atoms with Crippen LogP contribution in [0.25, 0.3) is 0 Å². The fraction of sp³-hybridized carbons (Fsp3) is 0.727. The maximum Gasteiger partial charge on any atom is 0.127 e. The fourth-order valence-corrected chi connectivity index (χ4v) is 6.71. The first-order valence-electron chi connectivity index (χ1n) is 20.2. The highest BCUT2D eigenvalue weighted by Gasteiger charge is 2.03. The van der Waals surface area contributed by atoms with Crippen LogP contribution in [-0.2, 0) is 12.8 Å². The summed E-state index contributed by atoms with van der Waals surface area (Å²) in [5.41, 5.74) is 2.81. The minimum absolute atomic E-state index is 0.978. The van der Waals surface area contributed by atoms with E-state index in [0.29, 0.717) is 0 Å². The summed E-state index contributed by atoms with van der Waals surface area (Å²) in [6.07, 6.45) is 41.9. The Labute approximate surface area is 281 Å². The molecule has 0 saturated heterocycles. The molecule has 0 spiro atoms. The molecule has 0 aromatic heterocycles. The van der Waals surface area contributed by atoms with Crippen LogP contribution in [0.5, 0.6) is 11.5 Å². The quantitative estimate of drug-likeness (QED) is 0.0741. The van der Waals surface area contributed by atoms with Crippen molar-refractivity contribution in [3.05, 3.63) is 59.7 Å². The maximum atomic E-state index is 6.31. The van der Waals surface area contributed by atoms with Gasteiger partial charge in [0.2, 0.25) is 0 Å². The van der Waals surface area contributed by atoms with E-state index >= 15 is 0 Å². The molecule has 0 aliphatic heterocycles. The van der Waals surface area contributed by atoms with Crippen molar-refractivity contribution in [1.82, 2.24) is 0 Å². The molecule has 2 aromatic rings. The highest BCUT2D eigenvalue weighted by Crippen LogP contribution is 2.25. The third-order valence-electron chi connectivity index (χ3n) is 9.67. The van der Waals surface area contributed by atoms with Crippen molar-refractivity contribution in [3.8, 4) is 11.5 Å². The van der Waals surface area contributed by atoms with Gasteiger partial charge in [0, 0.05) is 0 Å². The van der Waals surface area contributed by atoms with Crippen LogP contribution in [-0.4, -0.2) is 0 Å². The Hall–Kier alpha value is -1.76. The first-order valence-corrected chi connectivity index (χ1v) is 20.2. The first kappa shape index (κ1) is 39.4. The normalized spacial score (nSPS) is 11.3. The SMILES string of the molecule is CCCCCCCCCCCCCCCCc1cccc(Oc2cccc(CCCCCCCCCCCCCCCC)c2)c1. The van der Waals surface area contributed by atoms with Crippen molar-refractivity contribution in [2.75, 3.05) is 0 Å². The van der Waals surface area contributed by atoms with E-state index in [2.05, 4.69) is 62.4 Å². The summed E-state index contributed by atoms with van der Waals surface area (Å²) in [6, 6.07) is 17.6. The molecule has 1 nitrogen and oxygen atoms in total. The van der Waals surface area contributed by atoms with Crippen LogP contribution in [0.3, 0.4) is 0 Å². The molecular weight excluding hydrogens is 544 g/mol. The van der Waals surface area contributed by atoms with Crippen LogP contribution in [0, 0.1) is 0 Å². The molecule has 0 unspecified atom stereocenters. The van der Waals surface area contributed by atoms with Gasteiger partial charge in [0.25, 0.3) is 0 Å². The van der Waals surface area contributed by atoms with E-state index in [0.717, 1.165) is 24.3 Å². The summed E-state index contributed by atoms with van der Waals surface area (Å²) in [7, 11) is 0. The highest BCUT2D eigenvalue weighted by atomic mass is 16.5. The third-order valence-corrected chi connectivity index (χ3v) is 9.67. The summed E-state index contributed by atoms with van der Waals surface area (Å²) in [6.45, 7) is 4.60. The average molecular weight is 619 g/mol. The van der Waals surface area contributed by atoms with Crippen LogP contribution >= 0.6 is 0 Å². The van der Waals surface area contributed by atoms with Gasteiger partial charge in [0.05, 0.1) is 0 Å². The lowest BCUT2D eigenvalue weighted by atomic mass is 10.0. The number of aryl methyl sites for hydroxylation is 2. The number of ether oxygens (including phenoxy) is 1. The molecule has 0 aliphatic rings. The molecule has 0 bridgehead atoms. The van der Waals surface area contributed by atoms with Crippen molar-refractivity contribution in [2.24, 2.45) is 0 Å². The predicted molar refractivity (Wildman–Crippen MR) is 201 cm³/mol. The van der Waals surface area contributed by atoms with E-state index in [1.165, 1.54) is 191 Å². The van der Waals surface area contributed by atoms with E-state index in [1.807, 2.05) is 0 Å².